The minimum absolute atomic E-state index is 0.353. The second kappa shape index (κ2) is 6.28. The summed E-state index contributed by atoms with van der Waals surface area (Å²) in [6.07, 6.45) is 5.25. The zero-order valence-electron chi connectivity index (χ0n) is 10.4. The molecule has 1 radical (unpaired) electrons. The maximum atomic E-state index is 10.4. The number of hydrogen-bond acceptors (Lipinski definition) is 2. The fourth-order valence-electron chi connectivity index (χ4n) is 2.19. The average molecular weight is 247 g/mol. The van der Waals surface area contributed by atoms with Gasteiger partial charge in [0, 0.05) is 12.2 Å². The maximum absolute atomic E-state index is 10.4. The number of anilines is 1. The third-order valence-electron chi connectivity index (χ3n) is 3.18. The first-order chi connectivity index (χ1) is 8.74. The van der Waals surface area contributed by atoms with Crippen LogP contribution in [-0.4, -0.2) is 11.2 Å². The Morgan fingerprint density at radius 1 is 1.11 bits per heavy atom. The van der Waals surface area contributed by atoms with Crippen molar-refractivity contribution in [2.75, 3.05) is 5.32 Å². The smallest absolute Gasteiger partial charge is 0.404 e. The first-order valence-electron chi connectivity index (χ1n) is 6.41. The van der Waals surface area contributed by atoms with Gasteiger partial charge in [-0.05, 0) is 30.5 Å². The van der Waals surface area contributed by atoms with Gasteiger partial charge in [0.25, 0.3) is 0 Å². The highest BCUT2D eigenvalue weighted by molar-refractivity contribution is 5.64. The maximum Gasteiger partial charge on any atom is 0.404 e. The van der Waals surface area contributed by atoms with E-state index >= 15 is 0 Å². The number of amides is 1. The van der Waals surface area contributed by atoms with E-state index in [9.17, 15) is 4.79 Å². The minimum atomic E-state index is -0.991. The monoisotopic (exact) mass is 247 g/mol. The van der Waals surface area contributed by atoms with E-state index in [1.54, 1.807) is 0 Å². The van der Waals surface area contributed by atoms with Crippen LogP contribution in [0, 0.1) is 6.04 Å². The van der Waals surface area contributed by atoms with Crippen LogP contribution in [-0.2, 0) is 6.54 Å². The van der Waals surface area contributed by atoms with E-state index < -0.39 is 6.09 Å². The van der Waals surface area contributed by atoms with Crippen molar-refractivity contribution in [2.45, 2.75) is 38.6 Å². The molecule has 18 heavy (non-hydrogen) atoms. The Balaban J connectivity index is 1.84. The molecule has 0 unspecified atom stereocenters. The molecule has 4 nitrogen and oxygen atoms in total. The predicted molar refractivity (Wildman–Crippen MR) is 71.3 cm³/mol. The summed E-state index contributed by atoms with van der Waals surface area (Å²) in [5.41, 5.74) is 2.06. The van der Waals surface area contributed by atoms with Crippen LogP contribution in [0.1, 0.15) is 37.7 Å². The predicted octanol–water partition coefficient (Wildman–Crippen LogP) is 3.36. The molecule has 0 atom stereocenters. The Morgan fingerprint density at radius 3 is 2.39 bits per heavy atom. The highest BCUT2D eigenvalue weighted by atomic mass is 16.4. The summed E-state index contributed by atoms with van der Waals surface area (Å²) in [4.78, 5) is 10.4. The zero-order valence-corrected chi connectivity index (χ0v) is 10.4. The Kier molecular flexibility index (Phi) is 4.45. The molecule has 1 fully saturated rings. The fourth-order valence-corrected chi connectivity index (χ4v) is 2.19. The van der Waals surface area contributed by atoms with Gasteiger partial charge >= 0.3 is 6.09 Å². The molecule has 3 N–H and O–H groups in total. The second-order valence-corrected chi connectivity index (χ2v) is 4.64. The first kappa shape index (κ1) is 12.7. The van der Waals surface area contributed by atoms with Crippen molar-refractivity contribution in [3.05, 3.63) is 35.9 Å². The molecule has 0 heterocycles. The van der Waals surface area contributed by atoms with Crippen LogP contribution in [0.15, 0.2) is 24.3 Å². The largest absolute Gasteiger partial charge is 0.465 e. The Morgan fingerprint density at radius 2 is 1.78 bits per heavy atom. The Labute approximate surface area is 107 Å². The number of hydrogen-bond donors (Lipinski definition) is 3. The lowest BCUT2D eigenvalue weighted by molar-refractivity contribution is 0.194. The molecule has 0 aliphatic heterocycles. The van der Waals surface area contributed by atoms with Gasteiger partial charge in [-0.3, -0.25) is 0 Å². The molecule has 1 amide bonds. The molecule has 1 aromatic carbocycles. The quantitative estimate of drug-likeness (QED) is 0.764. The topological polar surface area (TPSA) is 61.4 Å². The van der Waals surface area contributed by atoms with Gasteiger partial charge in [0.1, 0.15) is 0 Å². The lowest BCUT2D eigenvalue weighted by Crippen LogP contribution is -2.19. The summed E-state index contributed by atoms with van der Waals surface area (Å²) >= 11 is 0. The van der Waals surface area contributed by atoms with Gasteiger partial charge in [-0.15, -0.1) is 0 Å². The van der Waals surface area contributed by atoms with E-state index in [-0.39, 0.29) is 0 Å². The molecular formula is C14H19N2O2. The molecule has 4 heteroatoms. The fraction of sp³-hybridized carbons (Fsp3) is 0.429. The van der Waals surface area contributed by atoms with E-state index in [1.807, 2.05) is 24.3 Å². The Hall–Kier alpha value is -1.71. The van der Waals surface area contributed by atoms with Gasteiger partial charge in [-0.1, -0.05) is 31.4 Å². The van der Waals surface area contributed by atoms with Crippen LogP contribution < -0.4 is 10.6 Å². The molecule has 0 spiro atoms. The molecule has 0 bridgehead atoms. The van der Waals surface area contributed by atoms with E-state index in [2.05, 4.69) is 10.6 Å². The zero-order chi connectivity index (χ0) is 12.8. The standard InChI is InChI=1S/C14H19N2O2/c17-14(18)15-10-11-6-8-13(9-7-11)16-12-4-2-1-3-5-12/h6-9,15-16H,1-5,10H2,(H,17,18). The normalized spacial score (nSPS) is 16.2. The lowest BCUT2D eigenvalue weighted by Gasteiger charge is -2.22. The van der Waals surface area contributed by atoms with Crippen molar-refractivity contribution in [1.29, 1.82) is 0 Å². The minimum Gasteiger partial charge on any atom is -0.465 e. The molecule has 1 aromatic rings. The second-order valence-electron chi connectivity index (χ2n) is 4.64. The number of nitrogens with one attached hydrogen (secondary N) is 2. The molecule has 2 rings (SSSR count). The van der Waals surface area contributed by atoms with Crippen molar-refractivity contribution in [2.24, 2.45) is 0 Å². The molecular weight excluding hydrogens is 228 g/mol. The highest BCUT2D eigenvalue weighted by Crippen LogP contribution is 2.27. The first-order valence-corrected chi connectivity index (χ1v) is 6.41. The summed E-state index contributed by atoms with van der Waals surface area (Å²) in [5, 5.41) is 14.3. The van der Waals surface area contributed by atoms with Crippen LogP contribution in [0.5, 0.6) is 0 Å². The van der Waals surface area contributed by atoms with Gasteiger partial charge in [-0.25, -0.2) is 4.79 Å². The van der Waals surface area contributed by atoms with Crippen molar-refractivity contribution in [1.82, 2.24) is 5.32 Å². The van der Waals surface area contributed by atoms with Gasteiger partial charge in [0.15, 0.2) is 0 Å². The van der Waals surface area contributed by atoms with Crippen LogP contribution in [0.4, 0.5) is 10.5 Å². The molecule has 1 aliphatic rings. The van der Waals surface area contributed by atoms with Gasteiger partial charge in [0.05, 0.1) is 6.04 Å². The number of benzene rings is 1. The van der Waals surface area contributed by atoms with E-state index in [0.717, 1.165) is 11.3 Å². The summed E-state index contributed by atoms with van der Waals surface area (Å²) < 4.78 is 0. The van der Waals surface area contributed by atoms with Crippen LogP contribution in [0.25, 0.3) is 0 Å². The number of carboxylic acid groups (broad SMARTS) is 1. The van der Waals surface area contributed by atoms with Gasteiger partial charge < -0.3 is 15.7 Å². The van der Waals surface area contributed by atoms with Crippen molar-refractivity contribution >= 4 is 11.8 Å². The van der Waals surface area contributed by atoms with Crippen molar-refractivity contribution < 1.29 is 9.90 Å². The highest BCUT2D eigenvalue weighted by Gasteiger charge is 2.13. The van der Waals surface area contributed by atoms with Gasteiger partial charge in [0.2, 0.25) is 0 Å². The molecule has 1 saturated carbocycles. The number of carbonyl (C=O) groups is 1. The van der Waals surface area contributed by atoms with E-state index in [1.165, 1.54) is 38.1 Å². The Bertz CT molecular complexity index is 383. The van der Waals surface area contributed by atoms with Gasteiger partial charge in [-0.2, -0.15) is 0 Å². The van der Waals surface area contributed by atoms with Crippen LogP contribution >= 0.6 is 0 Å². The average Bonchev–Trinajstić information content (AvgIpc) is 2.39. The molecule has 1 aliphatic carbocycles. The number of rotatable bonds is 4. The third kappa shape index (κ3) is 3.95. The molecule has 97 valence electrons. The van der Waals surface area contributed by atoms with Crippen molar-refractivity contribution in [3.63, 3.8) is 0 Å². The van der Waals surface area contributed by atoms with E-state index in [4.69, 9.17) is 5.11 Å². The van der Waals surface area contributed by atoms with Crippen LogP contribution in [0.2, 0.25) is 0 Å². The lowest BCUT2D eigenvalue weighted by atomic mass is 9.95. The summed E-state index contributed by atoms with van der Waals surface area (Å²) in [7, 11) is 0. The molecule has 0 saturated heterocycles. The third-order valence-corrected chi connectivity index (χ3v) is 3.18. The van der Waals surface area contributed by atoms with Crippen molar-refractivity contribution in [3.8, 4) is 0 Å². The summed E-state index contributed by atoms with van der Waals surface area (Å²) in [5.74, 6) is 0. The van der Waals surface area contributed by atoms with E-state index in [0.29, 0.717) is 6.54 Å². The molecule has 0 aromatic heterocycles. The summed E-state index contributed by atoms with van der Waals surface area (Å²) in [6.45, 7) is 0.353. The summed E-state index contributed by atoms with van der Waals surface area (Å²) in [6, 6.07) is 9.31. The van der Waals surface area contributed by atoms with Crippen LogP contribution in [0.3, 0.4) is 0 Å². The SMILES string of the molecule is O=C(O)NCc1ccc(N[C]2CCCCC2)cc1.